The number of nitrogens with one attached hydrogen (secondary N) is 2. The van der Waals surface area contributed by atoms with Crippen LogP contribution < -0.4 is 21.3 Å². The summed E-state index contributed by atoms with van der Waals surface area (Å²) >= 11 is 0. The predicted octanol–water partition coefficient (Wildman–Crippen LogP) is 0.338. The van der Waals surface area contributed by atoms with E-state index in [2.05, 4.69) is 10.9 Å². The van der Waals surface area contributed by atoms with E-state index < -0.39 is 6.09 Å². The number of nitrogen functional groups attached to an aromatic ring is 1. The summed E-state index contributed by atoms with van der Waals surface area (Å²) < 4.78 is 5.02. The summed E-state index contributed by atoms with van der Waals surface area (Å²) in [6.07, 6.45) is -0.564. The second-order valence-corrected chi connectivity index (χ2v) is 2.72. The van der Waals surface area contributed by atoms with Crippen molar-refractivity contribution in [3.63, 3.8) is 0 Å². The molecule has 0 bridgehead atoms. The molecule has 1 aromatic rings. The molecule has 0 aliphatic carbocycles. The Balaban J connectivity index is 2.65. The number of ether oxygens (including phenoxy) is 1. The van der Waals surface area contributed by atoms with Gasteiger partial charge in [0.05, 0.1) is 0 Å². The average Bonchev–Trinajstić information content (AvgIpc) is 2.19. The van der Waals surface area contributed by atoms with E-state index in [1.54, 1.807) is 38.4 Å². The van der Waals surface area contributed by atoms with Gasteiger partial charge in [0, 0.05) is 25.8 Å². The van der Waals surface area contributed by atoms with Crippen molar-refractivity contribution in [3.05, 3.63) is 24.3 Å². The van der Waals surface area contributed by atoms with Crippen molar-refractivity contribution >= 4 is 11.8 Å². The highest BCUT2D eigenvalue weighted by molar-refractivity contribution is 5.70. The largest absolute Gasteiger partial charge is 0.444 e. The van der Waals surface area contributed by atoms with E-state index in [1.165, 1.54) is 0 Å². The fraction of sp³-hybridized carbons (Fsp3) is 0.222. The fourth-order valence-electron chi connectivity index (χ4n) is 1.02. The van der Waals surface area contributed by atoms with Gasteiger partial charge in [0.15, 0.2) is 0 Å². The summed E-state index contributed by atoms with van der Waals surface area (Å²) in [6.45, 7) is 0. The molecule has 4 N–H and O–H groups in total. The maximum Gasteiger partial charge on any atom is 0.444 e. The lowest BCUT2D eigenvalue weighted by Gasteiger charge is -2.18. The number of benzene rings is 1. The van der Waals surface area contributed by atoms with E-state index in [9.17, 15) is 4.79 Å². The molecular formula is C9H14N4O2. The highest BCUT2D eigenvalue weighted by Gasteiger charge is 2.11. The molecule has 0 aliphatic rings. The van der Waals surface area contributed by atoms with Crippen molar-refractivity contribution in [3.8, 4) is 5.75 Å². The number of carbonyl (C=O) groups excluding carboxylic acids is 1. The molecule has 0 heterocycles. The number of nitrogens with two attached hydrogens (primary N) is 1. The van der Waals surface area contributed by atoms with E-state index in [4.69, 9.17) is 10.5 Å². The van der Waals surface area contributed by atoms with Gasteiger partial charge in [-0.2, -0.15) is 5.12 Å². The Bertz CT molecular complexity index is 339. The Labute approximate surface area is 87.9 Å². The topological polar surface area (TPSA) is 79.6 Å². The minimum atomic E-state index is -0.564. The molecule has 0 saturated heterocycles. The standard InChI is InChI=1S/C9H14N4O2/c1-11-13(12-2)9(14)15-8-5-3-4-7(10)6-8/h3-6,11-12H,10H2,1-2H3. The molecular weight excluding hydrogens is 196 g/mol. The Morgan fingerprint density at radius 2 is 2.07 bits per heavy atom. The van der Waals surface area contributed by atoms with Crippen LogP contribution in [-0.2, 0) is 0 Å². The molecule has 0 saturated carbocycles. The second-order valence-electron chi connectivity index (χ2n) is 2.72. The van der Waals surface area contributed by atoms with Crippen LogP contribution >= 0.6 is 0 Å². The number of hydrogen-bond donors (Lipinski definition) is 3. The van der Waals surface area contributed by atoms with Crippen LogP contribution in [-0.4, -0.2) is 25.3 Å². The first-order valence-corrected chi connectivity index (χ1v) is 4.39. The number of rotatable bonds is 3. The molecule has 0 radical (unpaired) electrons. The average molecular weight is 210 g/mol. The molecule has 1 rings (SSSR count). The molecule has 15 heavy (non-hydrogen) atoms. The Kier molecular flexibility index (Phi) is 3.90. The first-order valence-electron chi connectivity index (χ1n) is 4.39. The van der Waals surface area contributed by atoms with Crippen LogP contribution in [0.1, 0.15) is 0 Å². The van der Waals surface area contributed by atoms with E-state index >= 15 is 0 Å². The van der Waals surface area contributed by atoms with Gasteiger partial charge in [-0.1, -0.05) is 6.07 Å². The molecule has 1 aromatic carbocycles. The molecule has 0 aliphatic heterocycles. The Morgan fingerprint density at radius 3 is 2.60 bits per heavy atom. The maximum atomic E-state index is 11.4. The number of anilines is 1. The highest BCUT2D eigenvalue weighted by atomic mass is 16.6. The van der Waals surface area contributed by atoms with Gasteiger partial charge in [0.1, 0.15) is 5.75 Å². The van der Waals surface area contributed by atoms with Gasteiger partial charge in [-0.25, -0.2) is 15.6 Å². The van der Waals surface area contributed by atoms with Crippen LogP contribution in [0, 0.1) is 0 Å². The van der Waals surface area contributed by atoms with Crippen LogP contribution in [0.15, 0.2) is 24.3 Å². The predicted molar refractivity (Wildman–Crippen MR) is 56.8 cm³/mol. The summed E-state index contributed by atoms with van der Waals surface area (Å²) in [6, 6.07) is 6.64. The molecule has 0 atom stereocenters. The smallest absolute Gasteiger partial charge is 0.408 e. The third-order valence-electron chi connectivity index (χ3n) is 1.69. The summed E-state index contributed by atoms with van der Waals surface area (Å²) in [5.41, 5.74) is 11.3. The van der Waals surface area contributed by atoms with Crippen LogP contribution in [0.2, 0.25) is 0 Å². The van der Waals surface area contributed by atoms with E-state index in [-0.39, 0.29) is 0 Å². The first kappa shape index (κ1) is 11.3. The van der Waals surface area contributed by atoms with Crippen LogP contribution in [0.3, 0.4) is 0 Å². The number of carbonyl (C=O) groups is 1. The lowest BCUT2D eigenvalue weighted by atomic mass is 10.3. The van der Waals surface area contributed by atoms with Crippen LogP contribution in [0.25, 0.3) is 0 Å². The number of amides is 1. The zero-order valence-corrected chi connectivity index (χ0v) is 8.65. The van der Waals surface area contributed by atoms with Crippen molar-refractivity contribution in [1.82, 2.24) is 16.0 Å². The number of hydrazine groups is 2. The number of nitrogens with zero attached hydrogens (tertiary/aromatic N) is 1. The van der Waals surface area contributed by atoms with Gasteiger partial charge in [-0.3, -0.25) is 0 Å². The van der Waals surface area contributed by atoms with Gasteiger partial charge in [0.2, 0.25) is 0 Å². The van der Waals surface area contributed by atoms with Crippen molar-refractivity contribution in [2.75, 3.05) is 19.8 Å². The lowest BCUT2D eigenvalue weighted by Crippen LogP contribution is -2.49. The SMILES string of the molecule is CNN(NC)C(=O)Oc1cccc(N)c1. The molecule has 0 unspecified atom stereocenters. The zero-order chi connectivity index (χ0) is 11.3. The van der Waals surface area contributed by atoms with Gasteiger partial charge in [-0.15, -0.1) is 0 Å². The fourth-order valence-corrected chi connectivity index (χ4v) is 1.02. The van der Waals surface area contributed by atoms with E-state index in [0.717, 1.165) is 5.12 Å². The molecule has 0 aromatic heterocycles. The normalized spacial score (nSPS) is 9.73. The summed E-state index contributed by atoms with van der Waals surface area (Å²) in [7, 11) is 3.19. The maximum absolute atomic E-state index is 11.4. The van der Waals surface area contributed by atoms with Crippen LogP contribution in [0.5, 0.6) is 5.75 Å². The van der Waals surface area contributed by atoms with Crippen molar-refractivity contribution in [2.45, 2.75) is 0 Å². The molecule has 82 valence electrons. The van der Waals surface area contributed by atoms with Crippen molar-refractivity contribution in [1.29, 1.82) is 0 Å². The lowest BCUT2D eigenvalue weighted by molar-refractivity contribution is 0.108. The van der Waals surface area contributed by atoms with Gasteiger partial charge in [0.25, 0.3) is 0 Å². The molecule has 6 heteroatoms. The van der Waals surface area contributed by atoms with Gasteiger partial charge in [-0.05, 0) is 12.1 Å². The zero-order valence-electron chi connectivity index (χ0n) is 8.65. The van der Waals surface area contributed by atoms with Gasteiger partial charge >= 0.3 is 6.09 Å². The monoisotopic (exact) mass is 210 g/mol. The minimum absolute atomic E-state index is 0.399. The highest BCUT2D eigenvalue weighted by Crippen LogP contribution is 2.14. The third-order valence-corrected chi connectivity index (χ3v) is 1.69. The molecule has 6 nitrogen and oxygen atoms in total. The number of hydrogen-bond acceptors (Lipinski definition) is 5. The summed E-state index contributed by atoms with van der Waals surface area (Å²) in [5, 5.41) is 1.10. The van der Waals surface area contributed by atoms with E-state index in [0.29, 0.717) is 11.4 Å². The summed E-state index contributed by atoms with van der Waals surface area (Å²) in [5.74, 6) is 0.399. The molecule has 1 amide bonds. The molecule has 0 fully saturated rings. The molecule has 0 spiro atoms. The minimum Gasteiger partial charge on any atom is -0.408 e. The Morgan fingerprint density at radius 1 is 1.40 bits per heavy atom. The van der Waals surface area contributed by atoms with Crippen LogP contribution in [0.4, 0.5) is 10.5 Å². The van der Waals surface area contributed by atoms with E-state index in [1.807, 2.05) is 0 Å². The Hall–Kier alpha value is -1.79. The third kappa shape index (κ3) is 3.12. The first-order chi connectivity index (χ1) is 7.17. The second kappa shape index (κ2) is 5.18. The summed E-state index contributed by atoms with van der Waals surface area (Å²) in [4.78, 5) is 11.4. The van der Waals surface area contributed by atoms with Crippen molar-refractivity contribution < 1.29 is 9.53 Å². The van der Waals surface area contributed by atoms with Crippen molar-refractivity contribution in [2.24, 2.45) is 0 Å². The van der Waals surface area contributed by atoms with Gasteiger partial charge < -0.3 is 10.5 Å². The quantitative estimate of drug-likeness (QED) is 0.495.